The Morgan fingerprint density at radius 2 is 1.87 bits per heavy atom. The standard InChI is InChI=1S/C11H14O3S/c1-8-3-4-10(5-9(8)2)15(12,13)11-6-14-7-11/h3-5,11H,6-7H2,1-2H3. The Hall–Kier alpha value is -0.870. The lowest BCUT2D eigenvalue weighted by Gasteiger charge is -2.25. The highest BCUT2D eigenvalue weighted by atomic mass is 32.2. The first kappa shape index (κ1) is 10.6. The predicted octanol–water partition coefficient (Wildman–Crippen LogP) is 1.48. The van der Waals surface area contributed by atoms with Crippen molar-refractivity contribution in [1.29, 1.82) is 0 Å². The van der Waals surface area contributed by atoms with Crippen molar-refractivity contribution in [2.24, 2.45) is 0 Å². The molecule has 1 aromatic carbocycles. The first-order valence-electron chi connectivity index (χ1n) is 4.91. The van der Waals surface area contributed by atoms with E-state index in [2.05, 4.69) is 0 Å². The summed E-state index contributed by atoms with van der Waals surface area (Å²) in [4.78, 5) is 0.416. The Morgan fingerprint density at radius 3 is 2.33 bits per heavy atom. The molecule has 1 aliphatic heterocycles. The van der Waals surface area contributed by atoms with E-state index < -0.39 is 9.84 Å². The smallest absolute Gasteiger partial charge is 0.185 e. The van der Waals surface area contributed by atoms with E-state index in [1.807, 2.05) is 19.9 Å². The van der Waals surface area contributed by atoms with Crippen molar-refractivity contribution >= 4 is 9.84 Å². The molecule has 0 bridgehead atoms. The first-order valence-corrected chi connectivity index (χ1v) is 6.45. The fourth-order valence-corrected chi connectivity index (χ4v) is 3.01. The van der Waals surface area contributed by atoms with Gasteiger partial charge in [0, 0.05) is 0 Å². The van der Waals surface area contributed by atoms with E-state index in [-0.39, 0.29) is 5.25 Å². The van der Waals surface area contributed by atoms with Crippen LogP contribution >= 0.6 is 0 Å². The van der Waals surface area contributed by atoms with Gasteiger partial charge in [0.2, 0.25) is 0 Å². The van der Waals surface area contributed by atoms with Gasteiger partial charge in [0.05, 0.1) is 18.1 Å². The van der Waals surface area contributed by atoms with Gasteiger partial charge in [0.1, 0.15) is 5.25 Å². The molecule has 1 aromatic rings. The zero-order valence-corrected chi connectivity index (χ0v) is 9.67. The molecule has 0 N–H and O–H groups in total. The minimum absolute atomic E-state index is 0.329. The molecule has 3 nitrogen and oxygen atoms in total. The van der Waals surface area contributed by atoms with Gasteiger partial charge in [-0.05, 0) is 37.1 Å². The average molecular weight is 226 g/mol. The molecule has 15 heavy (non-hydrogen) atoms. The van der Waals surface area contributed by atoms with Gasteiger partial charge < -0.3 is 4.74 Å². The molecule has 1 fully saturated rings. The highest BCUT2D eigenvalue weighted by Crippen LogP contribution is 2.23. The molecule has 2 rings (SSSR count). The van der Waals surface area contributed by atoms with Crippen molar-refractivity contribution in [3.8, 4) is 0 Å². The minimum Gasteiger partial charge on any atom is -0.379 e. The molecule has 0 atom stereocenters. The maximum atomic E-state index is 12.0. The van der Waals surface area contributed by atoms with Gasteiger partial charge in [-0.2, -0.15) is 0 Å². The molecule has 0 unspecified atom stereocenters. The second kappa shape index (κ2) is 3.61. The molecule has 0 spiro atoms. The van der Waals surface area contributed by atoms with Crippen molar-refractivity contribution in [1.82, 2.24) is 0 Å². The van der Waals surface area contributed by atoms with Crippen LogP contribution in [0.25, 0.3) is 0 Å². The zero-order chi connectivity index (χ0) is 11.1. The molecule has 0 amide bonds. The van der Waals surface area contributed by atoms with Crippen LogP contribution in [0, 0.1) is 13.8 Å². The van der Waals surface area contributed by atoms with Crippen LogP contribution in [0.1, 0.15) is 11.1 Å². The Morgan fingerprint density at radius 1 is 1.20 bits per heavy atom. The fraction of sp³-hybridized carbons (Fsp3) is 0.455. The largest absolute Gasteiger partial charge is 0.379 e. The van der Waals surface area contributed by atoms with Crippen LogP contribution in [0.2, 0.25) is 0 Å². The Labute approximate surface area is 90.0 Å². The molecular weight excluding hydrogens is 212 g/mol. The number of hydrogen-bond donors (Lipinski definition) is 0. The lowest BCUT2D eigenvalue weighted by atomic mass is 10.1. The van der Waals surface area contributed by atoms with Crippen LogP contribution in [0.15, 0.2) is 23.1 Å². The third-order valence-corrected chi connectivity index (χ3v) is 4.91. The fourth-order valence-electron chi connectivity index (χ4n) is 1.48. The summed E-state index contributed by atoms with van der Waals surface area (Å²) >= 11 is 0. The van der Waals surface area contributed by atoms with E-state index in [9.17, 15) is 8.42 Å². The Kier molecular flexibility index (Phi) is 2.56. The van der Waals surface area contributed by atoms with Gasteiger partial charge in [0.15, 0.2) is 9.84 Å². The van der Waals surface area contributed by atoms with Crippen LogP contribution in [0.5, 0.6) is 0 Å². The van der Waals surface area contributed by atoms with Gasteiger partial charge in [-0.25, -0.2) is 8.42 Å². The molecule has 0 radical (unpaired) electrons. The highest BCUT2D eigenvalue weighted by molar-refractivity contribution is 7.92. The summed E-state index contributed by atoms with van der Waals surface area (Å²) in [5, 5.41) is -0.348. The van der Waals surface area contributed by atoms with Gasteiger partial charge >= 0.3 is 0 Å². The summed E-state index contributed by atoms with van der Waals surface area (Å²) < 4.78 is 28.9. The zero-order valence-electron chi connectivity index (χ0n) is 8.86. The van der Waals surface area contributed by atoms with Crippen LogP contribution in [0.3, 0.4) is 0 Å². The quantitative estimate of drug-likeness (QED) is 0.767. The third kappa shape index (κ3) is 1.79. The predicted molar refractivity (Wildman–Crippen MR) is 57.7 cm³/mol. The number of aryl methyl sites for hydroxylation is 2. The summed E-state index contributed by atoms with van der Waals surface area (Å²) in [6.07, 6.45) is 0. The van der Waals surface area contributed by atoms with E-state index in [0.29, 0.717) is 18.1 Å². The molecule has 0 saturated carbocycles. The van der Waals surface area contributed by atoms with Gasteiger partial charge in [-0.3, -0.25) is 0 Å². The minimum atomic E-state index is -3.17. The summed E-state index contributed by atoms with van der Waals surface area (Å²) in [6.45, 7) is 4.55. The Balaban J connectivity index is 2.40. The number of sulfone groups is 1. The van der Waals surface area contributed by atoms with Gasteiger partial charge in [0.25, 0.3) is 0 Å². The van der Waals surface area contributed by atoms with Crippen molar-refractivity contribution < 1.29 is 13.2 Å². The molecule has 4 heteroatoms. The molecule has 1 heterocycles. The van der Waals surface area contributed by atoms with Crippen molar-refractivity contribution in [3.05, 3.63) is 29.3 Å². The third-order valence-electron chi connectivity index (χ3n) is 2.85. The molecule has 82 valence electrons. The average Bonchev–Trinajstić information content (AvgIpc) is 2.05. The second-order valence-corrected chi connectivity index (χ2v) is 6.18. The number of rotatable bonds is 2. The lowest BCUT2D eigenvalue weighted by Crippen LogP contribution is -2.40. The van der Waals surface area contributed by atoms with Crippen LogP contribution in [-0.4, -0.2) is 26.9 Å². The number of hydrogen-bond acceptors (Lipinski definition) is 3. The van der Waals surface area contributed by atoms with Crippen LogP contribution < -0.4 is 0 Å². The molecule has 0 aliphatic carbocycles. The summed E-state index contributed by atoms with van der Waals surface area (Å²) in [5.41, 5.74) is 2.12. The summed E-state index contributed by atoms with van der Waals surface area (Å²) in [6, 6.07) is 5.26. The summed E-state index contributed by atoms with van der Waals surface area (Å²) in [5.74, 6) is 0. The number of ether oxygens (including phenoxy) is 1. The molecular formula is C11H14O3S. The Bertz CT molecular complexity index is 473. The second-order valence-electron chi connectivity index (χ2n) is 3.95. The monoisotopic (exact) mass is 226 g/mol. The van der Waals surface area contributed by atoms with E-state index in [4.69, 9.17) is 4.74 Å². The van der Waals surface area contributed by atoms with Crippen molar-refractivity contribution in [2.45, 2.75) is 24.0 Å². The maximum absolute atomic E-state index is 12.0. The van der Waals surface area contributed by atoms with Crippen molar-refractivity contribution in [3.63, 3.8) is 0 Å². The molecule has 0 aromatic heterocycles. The van der Waals surface area contributed by atoms with E-state index in [1.165, 1.54) is 0 Å². The molecule has 1 aliphatic rings. The first-order chi connectivity index (χ1) is 7.01. The highest BCUT2D eigenvalue weighted by Gasteiger charge is 2.33. The van der Waals surface area contributed by atoms with Gasteiger partial charge in [-0.15, -0.1) is 0 Å². The van der Waals surface area contributed by atoms with E-state index in [0.717, 1.165) is 11.1 Å². The van der Waals surface area contributed by atoms with Crippen LogP contribution in [-0.2, 0) is 14.6 Å². The van der Waals surface area contributed by atoms with Crippen LogP contribution in [0.4, 0.5) is 0 Å². The maximum Gasteiger partial charge on any atom is 0.185 e. The topological polar surface area (TPSA) is 43.4 Å². The normalized spacial score (nSPS) is 17.5. The van der Waals surface area contributed by atoms with E-state index >= 15 is 0 Å². The number of benzene rings is 1. The van der Waals surface area contributed by atoms with Crippen molar-refractivity contribution in [2.75, 3.05) is 13.2 Å². The van der Waals surface area contributed by atoms with Gasteiger partial charge in [-0.1, -0.05) is 6.07 Å². The lowest BCUT2D eigenvalue weighted by molar-refractivity contribution is 0.0416. The van der Waals surface area contributed by atoms with E-state index in [1.54, 1.807) is 12.1 Å². The summed E-state index contributed by atoms with van der Waals surface area (Å²) in [7, 11) is -3.17. The molecule has 1 saturated heterocycles. The SMILES string of the molecule is Cc1ccc(S(=O)(=O)C2COC2)cc1C.